The van der Waals surface area contributed by atoms with Gasteiger partial charge in [0.05, 0.1) is 11.6 Å². The SMILES string of the molecule is Cc1ccc(/C(O)=C2/C(=O)C(=O)N(C3CCCCC3)C2c2ccc(F)cc2)cc1. The third-order valence-corrected chi connectivity index (χ3v) is 5.96. The zero-order chi connectivity index (χ0) is 20.5. The van der Waals surface area contributed by atoms with E-state index >= 15 is 0 Å². The Labute approximate surface area is 169 Å². The van der Waals surface area contributed by atoms with Crippen molar-refractivity contribution in [3.63, 3.8) is 0 Å². The van der Waals surface area contributed by atoms with Crippen LogP contribution in [0.15, 0.2) is 54.1 Å². The number of Topliss-reactive ketones (excluding diaryl/α,β-unsaturated/α-hetero) is 1. The first-order valence-electron chi connectivity index (χ1n) is 10.1. The molecule has 0 bridgehead atoms. The van der Waals surface area contributed by atoms with Gasteiger partial charge in [-0.2, -0.15) is 0 Å². The molecule has 2 aromatic carbocycles. The Morgan fingerprint density at radius 3 is 2.21 bits per heavy atom. The molecule has 1 aliphatic carbocycles. The normalized spacial score (nSPS) is 22.3. The smallest absolute Gasteiger partial charge is 0.295 e. The van der Waals surface area contributed by atoms with E-state index in [1.165, 1.54) is 12.1 Å². The quantitative estimate of drug-likeness (QED) is 0.459. The molecule has 1 heterocycles. The number of rotatable bonds is 3. The van der Waals surface area contributed by atoms with Crippen molar-refractivity contribution < 1.29 is 19.1 Å². The van der Waals surface area contributed by atoms with Crippen LogP contribution in [-0.2, 0) is 9.59 Å². The topological polar surface area (TPSA) is 57.6 Å². The first kappa shape index (κ1) is 19.4. The number of aliphatic hydroxyl groups excluding tert-OH is 1. The van der Waals surface area contributed by atoms with Gasteiger partial charge in [-0.25, -0.2) is 4.39 Å². The summed E-state index contributed by atoms with van der Waals surface area (Å²) in [6, 6.07) is 12.2. The first-order chi connectivity index (χ1) is 14.0. The van der Waals surface area contributed by atoms with Gasteiger partial charge in [0, 0.05) is 11.6 Å². The van der Waals surface area contributed by atoms with Gasteiger partial charge in [-0.1, -0.05) is 61.2 Å². The second kappa shape index (κ2) is 7.82. The second-order valence-corrected chi connectivity index (χ2v) is 7.92. The molecule has 5 heteroatoms. The molecule has 29 heavy (non-hydrogen) atoms. The molecule has 2 fully saturated rings. The number of amides is 1. The van der Waals surface area contributed by atoms with Crippen molar-refractivity contribution in [2.24, 2.45) is 0 Å². The zero-order valence-electron chi connectivity index (χ0n) is 16.4. The van der Waals surface area contributed by atoms with Crippen LogP contribution < -0.4 is 0 Å². The molecule has 2 aromatic rings. The number of aliphatic hydroxyl groups is 1. The van der Waals surface area contributed by atoms with E-state index in [9.17, 15) is 19.1 Å². The third-order valence-electron chi connectivity index (χ3n) is 5.96. The average Bonchev–Trinajstić information content (AvgIpc) is 3.00. The maximum absolute atomic E-state index is 13.5. The number of likely N-dealkylation sites (tertiary alicyclic amines) is 1. The fourth-order valence-electron chi connectivity index (χ4n) is 4.43. The summed E-state index contributed by atoms with van der Waals surface area (Å²) in [5.74, 6) is -1.83. The van der Waals surface area contributed by atoms with Crippen LogP contribution >= 0.6 is 0 Å². The Bertz CT molecular complexity index is 957. The first-order valence-corrected chi connectivity index (χ1v) is 10.1. The number of ketones is 1. The minimum atomic E-state index is -0.708. The van der Waals surface area contributed by atoms with Crippen molar-refractivity contribution >= 4 is 17.4 Å². The molecule has 1 saturated heterocycles. The van der Waals surface area contributed by atoms with E-state index in [1.54, 1.807) is 29.2 Å². The van der Waals surface area contributed by atoms with Crippen LogP contribution in [0.5, 0.6) is 0 Å². The van der Waals surface area contributed by atoms with Gasteiger partial charge >= 0.3 is 0 Å². The number of carbonyl (C=O) groups excluding carboxylic acids is 2. The Hall–Kier alpha value is -2.95. The summed E-state index contributed by atoms with van der Waals surface area (Å²) in [6.07, 6.45) is 4.78. The van der Waals surface area contributed by atoms with Crippen LogP contribution in [-0.4, -0.2) is 27.7 Å². The van der Waals surface area contributed by atoms with Gasteiger partial charge in [-0.15, -0.1) is 0 Å². The van der Waals surface area contributed by atoms with Crippen molar-refractivity contribution in [3.8, 4) is 0 Å². The molecule has 2 aliphatic rings. The van der Waals surface area contributed by atoms with E-state index in [1.807, 2.05) is 19.1 Å². The van der Waals surface area contributed by atoms with E-state index in [0.29, 0.717) is 11.1 Å². The number of nitrogens with zero attached hydrogens (tertiary/aromatic N) is 1. The van der Waals surface area contributed by atoms with E-state index < -0.39 is 17.7 Å². The molecule has 4 rings (SSSR count). The summed E-state index contributed by atoms with van der Waals surface area (Å²) in [4.78, 5) is 27.6. The van der Waals surface area contributed by atoms with Crippen LogP contribution in [0.1, 0.15) is 54.8 Å². The number of halogens is 1. The summed E-state index contributed by atoms with van der Waals surface area (Å²) in [5, 5.41) is 11.0. The van der Waals surface area contributed by atoms with Gasteiger partial charge in [0.15, 0.2) is 0 Å². The Balaban J connectivity index is 1.86. The minimum Gasteiger partial charge on any atom is -0.507 e. The summed E-state index contributed by atoms with van der Waals surface area (Å²) in [5.41, 5.74) is 2.23. The molecule has 1 aliphatic heterocycles. The van der Waals surface area contributed by atoms with Crippen molar-refractivity contribution in [2.45, 2.75) is 51.1 Å². The zero-order valence-corrected chi connectivity index (χ0v) is 16.4. The number of aryl methyl sites for hydroxylation is 1. The Morgan fingerprint density at radius 1 is 0.966 bits per heavy atom. The highest BCUT2D eigenvalue weighted by molar-refractivity contribution is 6.46. The second-order valence-electron chi connectivity index (χ2n) is 7.92. The number of carbonyl (C=O) groups is 2. The molecular formula is C24H24FNO3. The van der Waals surface area contributed by atoms with Crippen molar-refractivity contribution in [2.75, 3.05) is 0 Å². The molecule has 1 saturated carbocycles. The number of benzene rings is 2. The molecule has 0 aromatic heterocycles. The molecule has 0 radical (unpaired) electrons. The maximum atomic E-state index is 13.5. The van der Waals surface area contributed by atoms with Gasteiger partial charge in [0.1, 0.15) is 11.6 Å². The largest absolute Gasteiger partial charge is 0.507 e. The van der Waals surface area contributed by atoms with Crippen LogP contribution in [0.25, 0.3) is 5.76 Å². The van der Waals surface area contributed by atoms with Crippen LogP contribution in [0, 0.1) is 12.7 Å². The van der Waals surface area contributed by atoms with Crippen LogP contribution in [0.2, 0.25) is 0 Å². The van der Waals surface area contributed by atoms with Gasteiger partial charge in [0.25, 0.3) is 11.7 Å². The van der Waals surface area contributed by atoms with Gasteiger partial charge in [0.2, 0.25) is 0 Å². The highest BCUT2D eigenvalue weighted by Crippen LogP contribution is 2.43. The lowest BCUT2D eigenvalue weighted by molar-refractivity contribution is -0.141. The molecule has 150 valence electrons. The predicted molar refractivity (Wildman–Crippen MR) is 109 cm³/mol. The van der Waals surface area contributed by atoms with E-state index in [2.05, 4.69) is 0 Å². The molecular weight excluding hydrogens is 369 g/mol. The summed E-state index contributed by atoms with van der Waals surface area (Å²) in [7, 11) is 0. The van der Waals surface area contributed by atoms with Crippen LogP contribution in [0.3, 0.4) is 0 Å². The maximum Gasteiger partial charge on any atom is 0.295 e. The molecule has 0 spiro atoms. The molecule has 1 atom stereocenters. The lowest BCUT2D eigenvalue weighted by atomic mass is 9.91. The molecule has 1 N–H and O–H groups in total. The molecule has 4 nitrogen and oxygen atoms in total. The third kappa shape index (κ3) is 3.57. The van der Waals surface area contributed by atoms with E-state index in [4.69, 9.17) is 0 Å². The molecule has 1 amide bonds. The number of hydrogen-bond acceptors (Lipinski definition) is 3. The fourth-order valence-corrected chi connectivity index (χ4v) is 4.43. The van der Waals surface area contributed by atoms with E-state index in [0.717, 1.165) is 37.7 Å². The monoisotopic (exact) mass is 393 g/mol. The van der Waals surface area contributed by atoms with Gasteiger partial charge in [-0.05, 0) is 37.5 Å². The Morgan fingerprint density at radius 2 is 1.59 bits per heavy atom. The summed E-state index contributed by atoms with van der Waals surface area (Å²) in [6.45, 7) is 1.93. The minimum absolute atomic E-state index is 0.0569. The highest BCUT2D eigenvalue weighted by atomic mass is 19.1. The number of hydrogen-bond donors (Lipinski definition) is 1. The standard InChI is InChI=1S/C24H24FNO3/c1-15-7-9-17(10-8-15)22(27)20-21(16-11-13-18(25)14-12-16)26(24(29)23(20)28)19-5-3-2-4-6-19/h7-14,19,21,27H,2-6H2,1H3/b22-20-. The molecule has 1 unspecified atom stereocenters. The van der Waals surface area contributed by atoms with Crippen molar-refractivity contribution in [3.05, 3.63) is 76.6 Å². The van der Waals surface area contributed by atoms with Gasteiger partial charge < -0.3 is 10.0 Å². The van der Waals surface area contributed by atoms with E-state index in [-0.39, 0.29) is 23.2 Å². The summed E-state index contributed by atoms with van der Waals surface area (Å²) < 4.78 is 13.5. The highest BCUT2D eigenvalue weighted by Gasteiger charge is 2.48. The Kier molecular flexibility index (Phi) is 5.22. The van der Waals surface area contributed by atoms with Crippen molar-refractivity contribution in [1.29, 1.82) is 0 Å². The van der Waals surface area contributed by atoms with Gasteiger partial charge in [-0.3, -0.25) is 9.59 Å². The van der Waals surface area contributed by atoms with Crippen molar-refractivity contribution in [1.82, 2.24) is 4.90 Å². The average molecular weight is 393 g/mol. The van der Waals surface area contributed by atoms with Crippen LogP contribution in [0.4, 0.5) is 4.39 Å². The predicted octanol–water partition coefficient (Wildman–Crippen LogP) is 4.89. The summed E-state index contributed by atoms with van der Waals surface area (Å²) >= 11 is 0. The lowest BCUT2D eigenvalue weighted by Crippen LogP contribution is -2.40. The lowest BCUT2D eigenvalue weighted by Gasteiger charge is -2.35. The fraction of sp³-hybridized carbons (Fsp3) is 0.333.